The van der Waals surface area contributed by atoms with E-state index in [9.17, 15) is 43.2 Å². The molecule has 0 aromatic carbocycles. The van der Waals surface area contributed by atoms with Gasteiger partial charge in [-0.05, 0) is 47.7 Å². The van der Waals surface area contributed by atoms with Crippen LogP contribution in [0.1, 0.15) is 18.9 Å². The molecule has 1 aromatic heterocycles. The largest absolute Gasteiger partial charge is 0.542 e. The van der Waals surface area contributed by atoms with Gasteiger partial charge in [0.25, 0.3) is 0 Å². The average molecular weight is 699 g/mol. The number of ether oxygens (including phenoxy) is 2. The van der Waals surface area contributed by atoms with E-state index in [2.05, 4.69) is 17.3 Å². The fourth-order valence-electron chi connectivity index (χ4n) is 3.31. The number of thiophene rings is 1. The molecule has 12 nitrogen and oxygen atoms in total. The van der Waals surface area contributed by atoms with Gasteiger partial charge in [0.15, 0.2) is 6.29 Å². The molecule has 0 saturated carbocycles. The minimum Gasteiger partial charge on any atom is -0.542 e. The number of amides is 1. The zero-order chi connectivity index (χ0) is 32.7. The molecule has 43 heavy (non-hydrogen) atoms. The van der Waals surface area contributed by atoms with Crippen LogP contribution in [0.4, 0.5) is 13.2 Å². The molecular formula is C24H37F3N2O10S4. The molecule has 248 valence electrons. The van der Waals surface area contributed by atoms with Crippen molar-refractivity contribution < 1.29 is 68.3 Å². The average Bonchev–Trinajstić information content (AvgIpc) is 3.46. The smallest absolute Gasteiger partial charge is 0.430 e. The minimum absolute atomic E-state index is 0.268. The van der Waals surface area contributed by atoms with E-state index < -0.39 is 61.5 Å². The lowest BCUT2D eigenvalue weighted by Crippen LogP contribution is -2.62. The maximum atomic E-state index is 13.0. The van der Waals surface area contributed by atoms with Crippen LogP contribution in [-0.2, 0) is 30.3 Å². The number of thioether (sulfide) groups is 1. The molecule has 2 heterocycles. The van der Waals surface area contributed by atoms with Crippen LogP contribution in [0.15, 0.2) is 16.8 Å². The normalized spacial score (nSPS) is 24.2. The third kappa shape index (κ3) is 15.0. The Kier molecular flexibility index (Phi) is 18.4. The lowest BCUT2D eigenvalue weighted by molar-refractivity contribution is -0.412. The van der Waals surface area contributed by atoms with E-state index in [-0.39, 0.29) is 11.8 Å². The quantitative estimate of drug-likeness (QED) is 0.0723. The van der Waals surface area contributed by atoms with Crippen LogP contribution in [0.2, 0.25) is 0 Å². The highest BCUT2D eigenvalue weighted by molar-refractivity contribution is 8.76. The molecule has 8 atom stereocenters. The summed E-state index contributed by atoms with van der Waals surface area (Å²) in [6, 6.07) is 1.37. The SMILES string of the molecule is CSCCC([NH3+])CSSCC(Cc1ccsc1)C(=O)NC(C)C(=O)OCC1OC(O)C(O)C(O)C1O.O=C([O-])C(F)(F)F. The minimum atomic E-state index is -5.19. The molecule has 8 N–H and O–H groups in total. The summed E-state index contributed by atoms with van der Waals surface area (Å²) in [4.78, 5) is 34.3. The Morgan fingerprint density at radius 1 is 1.16 bits per heavy atom. The number of aliphatic hydroxyl groups is 4. The number of hydrogen-bond acceptors (Lipinski definition) is 14. The van der Waals surface area contributed by atoms with E-state index >= 15 is 0 Å². The van der Waals surface area contributed by atoms with Gasteiger partial charge in [0.05, 0.1) is 17.7 Å². The number of aliphatic carboxylic acids is 1. The molecule has 1 aliphatic rings. The maximum absolute atomic E-state index is 13.0. The van der Waals surface area contributed by atoms with Crippen LogP contribution in [0.3, 0.4) is 0 Å². The van der Waals surface area contributed by atoms with Gasteiger partial charge in [-0.15, -0.1) is 0 Å². The molecule has 1 saturated heterocycles. The van der Waals surface area contributed by atoms with E-state index in [0.29, 0.717) is 18.2 Å². The van der Waals surface area contributed by atoms with Crippen LogP contribution >= 0.6 is 44.7 Å². The number of nitrogens with one attached hydrogen (secondary N) is 1. The highest BCUT2D eigenvalue weighted by Gasteiger charge is 2.43. The van der Waals surface area contributed by atoms with E-state index in [4.69, 9.17) is 19.4 Å². The molecule has 1 amide bonds. The van der Waals surface area contributed by atoms with Crippen molar-refractivity contribution in [3.63, 3.8) is 0 Å². The molecule has 0 aliphatic carbocycles. The standard InChI is InChI=1S/C22H36N2O8S4.C2HF3O2/c1-12(21(29)31-8-16-17(25)18(26)19(27)22(30)32-16)24-20(28)14(7-13-3-6-34-9-13)10-35-36-11-15(23)4-5-33-2;3-2(4,5)1(6)7/h3,6,9,12,14-19,22,25-27,30H,4-5,7-8,10-11,23H2,1-2H3,(H,24,28);(H,6,7). The Labute approximate surface area is 262 Å². The highest BCUT2D eigenvalue weighted by atomic mass is 33.1. The summed E-state index contributed by atoms with van der Waals surface area (Å²) in [5.41, 5.74) is 5.23. The number of halogens is 3. The van der Waals surface area contributed by atoms with E-state index in [1.165, 1.54) is 6.92 Å². The van der Waals surface area contributed by atoms with E-state index in [0.717, 1.165) is 23.5 Å². The van der Waals surface area contributed by atoms with Crippen molar-refractivity contribution in [1.29, 1.82) is 0 Å². The molecule has 0 bridgehead atoms. The number of carboxylic acid groups (broad SMARTS) is 1. The summed E-state index contributed by atoms with van der Waals surface area (Å²) in [7, 11) is 3.32. The number of carbonyl (C=O) groups excluding carboxylic acids is 3. The third-order valence-electron chi connectivity index (χ3n) is 5.84. The number of esters is 1. The van der Waals surface area contributed by atoms with Crippen LogP contribution in [0.5, 0.6) is 0 Å². The van der Waals surface area contributed by atoms with Crippen LogP contribution in [-0.4, -0.2) is 117 Å². The molecule has 1 aromatic rings. The lowest BCUT2D eigenvalue weighted by atomic mass is 9.99. The molecule has 0 spiro atoms. The Morgan fingerprint density at radius 2 is 1.79 bits per heavy atom. The Morgan fingerprint density at radius 3 is 2.35 bits per heavy atom. The van der Waals surface area contributed by atoms with Crippen LogP contribution in [0, 0.1) is 5.92 Å². The van der Waals surface area contributed by atoms with Crippen molar-refractivity contribution in [2.45, 2.75) is 68.7 Å². The number of aliphatic hydroxyl groups excluding tert-OH is 4. The van der Waals surface area contributed by atoms with Gasteiger partial charge in [0.1, 0.15) is 43.0 Å². The molecule has 19 heteroatoms. The first-order valence-corrected chi connectivity index (χ1v) is 17.6. The van der Waals surface area contributed by atoms with Crippen LogP contribution in [0.25, 0.3) is 0 Å². The second-order valence-electron chi connectivity index (χ2n) is 9.43. The molecule has 1 fully saturated rings. The highest BCUT2D eigenvalue weighted by Crippen LogP contribution is 2.27. The summed E-state index contributed by atoms with van der Waals surface area (Å²) in [5.74, 6) is -1.83. The number of carboxylic acids is 1. The van der Waals surface area contributed by atoms with Gasteiger partial charge in [0, 0.05) is 12.2 Å². The Balaban J connectivity index is 0.00000117. The van der Waals surface area contributed by atoms with Crippen molar-refractivity contribution in [2.75, 3.05) is 30.1 Å². The molecule has 0 radical (unpaired) electrons. The molecule has 8 unspecified atom stereocenters. The lowest BCUT2D eigenvalue weighted by Gasteiger charge is -2.38. The number of quaternary nitrogens is 1. The van der Waals surface area contributed by atoms with E-state index in [1.807, 2.05) is 16.8 Å². The van der Waals surface area contributed by atoms with Crippen molar-refractivity contribution in [3.8, 4) is 0 Å². The fourth-order valence-corrected chi connectivity index (χ4v) is 7.19. The van der Waals surface area contributed by atoms with Gasteiger partial charge in [-0.25, -0.2) is 4.79 Å². The van der Waals surface area contributed by atoms with Gasteiger partial charge in [0.2, 0.25) is 5.91 Å². The Hall–Kier alpha value is -1.29. The maximum Gasteiger partial charge on any atom is 0.430 e. The first-order chi connectivity index (χ1) is 20.1. The van der Waals surface area contributed by atoms with E-state index in [1.54, 1.807) is 44.7 Å². The number of rotatable bonds is 15. The van der Waals surface area contributed by atoms with Crippen molar-refractivity contribution in [3.05, 3.63) is 22.4 Å². The van der Waals surface area contributed by atoms with Gasteiger partial charge in [-0.3, -0.25) is 4.79 Å². The third-order valence-corrected chi connectivity index (χ3v) is 9.85. The second kappa shape index (κ2) is 20.0. The number of hydrogen-bond donors (Lipinski definition) is 6. The number of carbonyl (C=O) groups is 3. The predicted octanol–water partition coefficient (Wildman–Crippen LogP) is -1.20. The summed E-state index contributed by atoms with van der Waals surface area (Å²) >= 11 is 3.36. The monoisotopic (exact) mass is 698 g/mol. The van der Waals surface area contributed by atoms with Crippen molar-refractivity contribution >= 4 is 62.5 Å². The molecule has 1 aliphatic heterocycles. The summed E-state index contributed by atoms with van der Waals surface area (Å²) in [6.45, 7) is 1.03. The van der Waals surface area contributed by atoms with Gasteiger partial charge in [-0.1, -0.05) is 21.6 Å². The van der Waals surface area contributed by atoms with Crippen molar-refractivity contribution in [1.82, 2.24) is 5.32 Å². The predicted molar refractivity (Wildman–Crippen MR) is 155 cm³/mol. The second-order valence-corrected chi connectivity index (χ2v) is 13.7. The van der Waals surface area contributed by atoms with Gasteiger partial charge >= 0.3 is 12.1 Å². The molecule has 2 rings (SSSR count). The van der Waals surface area contributed by atoms with Crippen molar-refractivity contribution in [2.24, 2.45) is 5.92 Å². The molecular weight excluding hydrogens is 662 g/mol. The summed E-state index contributed by atoms with van der Waals surface area (Å²) in [6.07, 6.45) is -9.33. The Bertz CT molecular complexity index is 980. The summed E-state index contributed by atoms with van der Waals surface area (Å²) in [5, 5.41) is 54.3. The number of alkyl halides is 3. The van der Waals surface area contributed by atoms with Gasteiger partial charge in [-0.2, -0.15) is 36.3 Å². The van der Waals surface area contributed by atoms with Crippen LogP contribution < -0.4 is 16.2 Å². The zero-order valence-electron chi connectivity index (χ0n) is 23.3. The zero-order valence-corrected chi connectivity index (χ0v) is 26.6. The first kappa shape index (κ1) is 39.7. The topological polar surface area (TPSA) is 213 Å². The first-order valence-electron chi connectivity index (χ1n) is 12.8. The fraction of sp³-hybridized carbons (Fsp3) is 0.708. The van der Waals surface area contributed by atoms with Gasteiger partial charge < -0.3 is 50.9 Å². The summed E-state index contributed by atoms with van der Waals surface area (Å²) < 4.78 is 41.7.